The van der Waals surface area contributed by atoms with Crippen molar-refractivity contribution in [3.63, 3.8) is 0 Å². The third kappa shape index (κ3) is 3.16. The molecule has 2 aromatic carbocycles. The Labute approximate surface area is 139 Å². The summed E-state index contributed by atoms with van der Waals surface area (Å²) in [6, 6.07) is 14.8. The number of halogens is 2. The normalized spacial score (nSPS) is 16.5. The van der Waals surface area contributed by atoms with Crippen molar-refractivity contribution in [2.45, 2.75) is 19.0 Å². The lowest BCUT2D eigenvalue weighted by Crippen LogP contribution is -2.37. The predicted octanol–water partition coefficient (Wildman–Crippen LogP) is 4.16. The Morgan fingerprint density at radius 2 is 1.95 bits per heavy atom. The minimum absolute atomic E-state index is 0.156. The highest BCUT2D eigenvalue weighted by Gasteiger charge is 2.25. The molecule has 1 aliphatic heterocycles. The molecule has 0 amide bonds. The van der Waals surface area contributed by atoms with Crippen LogP contribution >= 0.6 is 27.5 Å². The van der Waals surface area contributed by atoms with Crippen molar-refractivity contribution >= 4 is 27.5 Å². The zero-order chi connectivity index (χ0) is 14.8. The van der Waals surface area contributed by atoms with Crippen LogP contribution in [0.1, 0.15) is 22.7 Å². The van der Waals surface area contributed by atoms with Gasteiger partial charge in [0.05, 0.1) is 0 Å². The Balaban J connectivity index is 1.90. The van der Waals surface area contributed by atoms with Gasteiger partial charge in [-0.15, -0.1) is 0 Å². The molecule has 1 atom stereocenters. The van der Waals surface area contributed by atoms with E-state index in [4.69, 9.17) is 17.3 Å². The minimum atomic E-state index is 0.156. The van der Waals surface area contributed by atoms with Crippen LogP contribution in [0.25, 0.3) is 0 Å². The summed E-state index contributed by atoms with van der Waals surface area (Å²) < 4.78 is 1.04. The second-order valence-electron chi connectivity index (χ2n) is 5.41. The summed E-state index contributed by atoms with van der Waals surface area (Å²) in [6.45, 7) is 2.51. The maximum Gasteiger partial charge on any atom is 0.0489 e. The minimum Gasteiger partial charge on any atom is -0.329 e. The molecule has 2 aromatic rings. The molecule has 0 radical (unpaired) electrons. The molecule has 0 fully saturated rings. The topological polar surface area (TPSA) is 29.3 Å². The molecule has 2 nitrogen and oxygen atoms in total. The molecule has 0 aromatic heterocycles. The molecule has 0 saturated heterocycles. The van der Waals surface area contributed by atoms with Crippen molar-refractivity contribution in [3.05, 3.63) is 68.7 Å². The average molecular weight is 366 g/mol. The predicted molar refractivity (Wildman–Crippen MR) is 91.5 cm³/mol. The van der Waals surface area contributed by atoms with E-state index >= 15 is 0 Å². The van der Waals surface area contributed by atoms with E-state index in [1.807, 2.05) is 12.1 Å². The highest BCUT2D eigenvalue weighted by molar-refractivity contribution is 9.10. The van der Waals surface area contributed by atoms with Crippen LogP contribution in [0.4, 0.5) is 0 Å². The zero-order valence-electron chi connectivity index (χ0n) is 11.7. The van der Waals surface area contributed by atoms with Crippen LogP contribution in [-0.2, 0) is 13.0 Å². The zero-order valence-corrected chi connectivity index (χ0v) is 14.1. The van der Waals surface area contributed by atoms with Crippen molar-refractivity contribution in [1.29, 1.82) is 0 Å². The van der Waals surface area contributed by atoms with Crippen LogP contribution in [0.5, 0.6) is 0 Å². The lowest BCUT2D eigenvalue weighted by Gasteiger charge is -2.35. The van der Waals surface area contributed by atoms with Gasteiger partial charge in [-0.3, -0.25) is 4.90 Å². The molecule has 110 valence electrons. The first kappa shape index (κ1) is 15.0. The Morgan fingerprint density at radius 1 is 1.19 bits per heavy atom. The van der Waals surface area contributed by atoms with Gasteiger partial charge in [0, 0.05) is 35.2 Å². The van der Waals surface area contributed by atoms with E-state index in [9.17, 15) is 0 Å². The van der Waals surface area contributed by atoms with E-state index in [-0.39, 0.29) is 6.04 Å². The smallest absolute Gasteiger partial charge is 0.0489 e. The molecule has 1 aliphatic rings. The molecule has 0 bridgehead atoms. The summed E-state index contributed by atoms with van der Waals surface area (Å²) in [6.07, 6.45) is 1.07. The molecule has 1 unspecified atom stereocenters. The first-order valence-electron chi connectivity index (χ1n) is 7.15. The van der Waals surface area contributed by atoms with Gasteiger partial charge in [-0.05, 0) is 41.3 Å². The Bertz CT molecular complexity index is 644. The maximum absolute atomic E-state index is 6.39. The van der Waals surface area contributed by atoms with E-state index in [1.165, 1.54) is 11.1 Å². The number of hydrogen-bond donors (Lipinski definition) is 1. The van der Waals surface area contributed by atoms with Crippen molar-refractivity contribution in [1.82, 2.24) is 4.90 Å². The summed E-state index contributed by atoms with van der Waals surface area (Å²) in [7, 11) is 0. The summed E-state index contributed by atoms with van der Waals surface area (Å²) in [5.74, 6) is 0. The second-order valence-corrected chi connectivity index (χ2v) is 6.73. The van der Waals surface area contributed by atoms with Crippen molar-refractivity contribution in [3.8, 4) is 0 Å². The Kier molecular flexibility index (Phi) is 4.65. The first-order valence-corrected chi connectivity index (χ1v) is 8.32. The molecule has 4 heteroatoms. The highest BCUT2D eigenvalue weighted by atomic mass is 79.9. The number of benzene rings is 2. The largest absolute Gasteiger partial charge is 0.329 e. The molecule has 0 aliphatic carbocycles. The van der Waals surface area contributed by atoms with Gasteiger partial charge in [0.2, 0.25) is 0 Å². The van der Waals surface area contributed by atoms with Gasteiger partial charge in [0.1, 0.15) is 0 Å². The van der Waals surface area contributed by atoms with Crippen LogP contribution in [0.2, 0.25) is 5.02 Å². The Morgan fingerprint density at radius 3 is 2.71 bits per heavy atom. The molecule has 2 N–H and O–H groups in total. The molecule has 0 saturated carbocycles. The fraction of sp³-hybridized carbons (Fsp3) is 0.294. The molecule has 0 spiro atoms. The monoisotopic (exact) mass is 364 g/mol. The summed E-state index contributed by atoms with van der Waals surface area (Å²) in [5, 5.41) is 0.785. The van der Waals surface area contributed by atoms with Crippen molar-refractivity contribution in [2.24, 2.45) is 5.73 Å². The van der Waals surface area contributed by atoms with E-state index in [0.29, 0.717) is 6.54 Å². The second kappa shape index (κ2) is 6.49. The highest BCUT2D eigenvalue weighted by Crippen LogP contribution is 2.32. The van der Waals surface area contributed by atoms with E-state index in [2.05, 4.69) is 51.2 Å². The molecular formula is C17H18BrClN2. The number of nitrogens with two attached hydrogens (primary N) is 1. The SMILES string of the molecule is NCC(c1cc(Br)ccc1Cl)N1CCc2ccccc2C1. The van der Waals surface area contributed by atoms with E-state index < -0.39 is 0 Å². The van der Waals surface area contributed by atoms with Gasteiger partial charge in [-0.1, -0.05) is 51.8 Å². The van der Waals surface area contributed by atoms with Gasteiger partial charge < -0.3 is 5.73 Å². The standard InChI is InChI=1S/C17H18BrClN2/c18-14-5-6-16(19)15(9-14)17(10-20)21-8-7-12-3-1-2-4-13(12)11-21/h1-6,9,17H,7-8,10-11,20H2. The van der Waals surface area contributed by atoms with Crippen molar-refractivity contribution < 1.29 is 0 Å². The van der Waals surface area contributed by atoms with Gasteiger partial charge >= 0.3 is 0 Å². The third-order valence-corrected chi connectivity index (χ3v) is 4.98. The number of nitrogens with zero attached hydrogens (tertiary/aromatic N) is 1. The lowest BCUT2D eigenvalue weighted by molar-refractivity contribution is 0.183. The third-order valence-electron chi connectivity index (χ3n) is 4.14. The van der Waals surface area contributed by atoms with Crippen LogP contribution in [0, 0.1) is 0 Å². The molecule has 1 heterocycles. The van der Waals surface area contributed by atoms with Gasteiger partial charge in [-0.2, -0.15) is 0 Å². The lowest BCUT2D eigenvalue weighted by atomic mass is 9.96. The van der Waals surface area contributed by atoms with E-state index in [1.54, 1.807) is 0 Å². The fourth-order valence-corrected chi connectivity index (χ4v) is 3.65. The number of hydrogen-bond acceptors (Lipinski definition) is 2. The maximum atomic E-state index is 6.39. The molecule has 21 heavy (non-hydrogen) atoms. The van der Waals surface area contributed by atoms with Crippen LogP contribution in [0.3, 0.4) is 0 Å². The quantitative estimate of drug-likeness (QED) is 0.885. The van der Waals surface area contributed by atoms with E-state index in [0.717, 1.165) is 34.6 Å². The first-order chi connectivity index (χ1) is 10.2. The molecule has 3 rings (SSSR count). The summed E-state index contributed by atoms with van der Waals surface area (Å²) in [5.41, 5.74) is 10.0. The average Bonchev–Trinajstić information content (AvgIpc) is 2.51. The van der Waals surface area contributed by atoms with Gasteiger partial charge in [0.25, 0.3) is 0 Å². The van der Waals surface area contributed by atoms with Crippen LogP contribution in [-0.4, -0.2) is 18.0 Å². The van der Waals surface area contributed by atoms with Gasteiger partial charge in [-0.25, -0.2) is 0 Å². The Hall–Kier alpha value is -0.870. The molecular weight excluding hydrogens is 348 g/mol. The summed E-state index contributed by atoms with van der Waals surface area (Å²) in [4.78, 5) is 2.43. The van der Waals surface area contributed by atoms with Crippen LogP contribution < -0.4 is 5.73 Å². The number of fused-ring (bicyclic) bond motifs is 1. The fourth-order valence-electron chi connectivity index (χ4n) is 3.03. The van der Waals surface area contributed by atoms with Crippen molar-refractivity contribution in [2.75, 3.05) is 13.1 Å². The number of rotatable bonds is 3. The van der Waals surface area contributed by atoms with Gasteiger partial charge in [0.15, 0.2) is 0 Å². The summed E-state index contributed by atoms with van der Waals surface area (Å²) >= 11 is 9.91. The van der Waals surface area contributed by atoms with Crippen LogP contribution in [0.15, 0.2) is 46.9 Å².